The average Bonchev–Trinajstić information content (AvgIpc) is 2.63. The third-order valence-corrected chi connectivity index (χ3v) is 4.23. The summed E-state index contributed by atoms with van der Waals surface area (Å²) in [6.45, 7) is 0. The Bertz CT molecular complexity index is 836. The van der Waals surface area contributed by atoms with Gasteiger partial charge >= 0.3 is 6.18 Å². The maximum Gasteiger partial charge on any atom is 0.416 e. The van der Waals surface area contributed by atoms with Crippen LogP contribution in [0.3, 0.4) is 0 Å². The fourth-order valence-corrected chi connectivity index (χ4v) is 2.61. The van der Waals surface area contributed by atoms with Gasteiger partial charge in [-0.05, 0) is 35.9 Å². The van der Waals surface area contributed by atoms with Crippen LogP contribution in [0, 0.1) is 5.82 Å². The Morgan fingerprint density at radius 3 is 2.30 bits per heavy atom. The van der Waals surface area contributed by atoms with Gasteiger partial charge in [0.05, 0.1) is 11.3 Å². The third kappa shape index (κ3) is 6.78. The highest BCUT2D eigenvalue weighted by molar-refractivity contribution is 8.00. The number of amides is 2. The van der Waals surface area contributed by atoms with Crippen molar-refractivity contribution in [2.24, 2.45) is 0 Å². The molecule has 2 aromatic rings. The smallest absolute Gasteiger partial charge is 0.272 e. The summed E-state index contributed by atoms with van der Waals surface area (Å²) in [6.07, 6.45) is -2.06. The Balaban J connectivity index is 1.77. The van der Waals surface area contributed by atoms with Gasteiger partial charge in [0.1, 0.15) is 5.82 Å². The molecule has 0 aliphatic rings. The molecule has 2 rings (SSSR count). The normalized spacial score (nSPS) is 11.4. The van der Waals surface area contributed by atoms with E-state index in [4.69, 9.17) is 0 Å². The van der Waals surface area contributed by atoms with Crippen molar-refractivity contribution in [2.45, 2.75) is 11.1 Å². The summed E-state index contributed by atoms with van der Waals surface area (Å²) < 4.78 is 50.8. The zero-order valence-corrected chi connectivity index (χ0v) is 14.5. The number of hydrogen-bond donors (Lipinski definition) is 2. The van der Waals surface area contributed by atoms with Gasteiger partial charge in [-0.1, -0.05) is 24.3 Å². The summed E-state index contributed by atoms with van der Waals surface area (Å²) in [5.74, 6) is -1.76. The third-order valence-electron chi connectivity index (χ3n) is 3.19. The van der Waals surface area contributed by atoms with Crippen molar-refractivity contribution in [1.29, 1.82) is 0 Å². The lowest BCUT2D eigenvalue weighted by Crippen LogP contribution is -2.41. The van der Waals surface area contributed by atoms with Crippen LogP contribution in [0.4, 0.5) is 17.6 Å². The van der Waals surface area contributed by atoms with Crippen LogP contribution < -0.4 is 10.9 Å². The van der Waals surface area contributed by atoms with Crippen molar-refractivity contribution in [3.05, 3.63) is 71.6 Å². The van der Waals surface area contributed by atoms with E-state index >= 15 is 0 Å². The number of alkyl halides is 3. The molecule has 0 atom stereocenters. The van der Waals surface area contributed by atoms with Crippen LogP contribution in [0.1, 0.15) is 11.1 Å². The molecule has 0 saturated carbocycles. The Kier molecular flexibility index (Phi) is 7.00. The van der Waals surface area contributed by atoms with Gasteiger partial charge in [-0.25, -0.2) is 4.39 Å². The molecule has 2 N–H and O–H groups in total. The largest absolute Gasteiger partial charge is 0.416 e. The van der Waals surface area contributed by atoms with E-state index < -0.39 is 29.4 Å². The number of halogens is 4. The van der Waals surface area contributed by atoms with Gasteiger partial charge in [0, 0.05) is 11.0 Å². The number of carbonyl (C=O) groups excluding carboxylic acids is 2. The summed E-state index contributed by atoms with van der Waals surface area (Å²) in [6, 6.07) is 10.2. The number of thioether (sulfide) groups is 1. The van der Waals surface area contributed by atoms with Crippen LogP contribution in [0.15, 0.2) is 59.5 Å². The second-order valence-electron chi connectivity index (χ2n) is 5.21. The second kappa shape index (κ2) is 9.22. The minimum Gasteiger partial charge on any atom is -0.272 e. The first kappa shape index (κ1) is 20.5. The molecule has 0 saturated heterocycles. The minimum atomic E-state index is -4.43. The molecule has 27 heavy (non-hydrogen) atoms. The molecule has 0 aliphatic carbocycles. The maximum atomic E-state index is 13.4. The molecule has 0 bridgehead atoms. The van der Waals surface area contributed by atoms with Crippen molar-refractivity contribution >= 4 is 29.7 Å². The second-order valence-corrected chi connectivity index (χ2v) is 6.23. The highest BCUT2D eigenvalue weighted by Crippen LogP contribution is 2.29. The van der Waals surface area contributed by atoms with Crippen LogP contribution in [0.25, 0.3) is 6.08 Å². The molecule has 4 nitrogen and oxygen atoms in total. The molecule has 2 aromatic carbocycles. The van der Waals surface area contributed by atoms with Crippen molar-refractivity contribution in [3.63, 3.8) is 0 Å². The molecule has 0 fully saturated rings. The van der Waals surface area contributed by atoms with E-state index in [-0.39, 0.29) is 5.75 Å². The van der Waals surface area contributed by atoms with E-state index in [9.17, 15) is 27.2 Å². The van der Waals surface area contributed by atoms with Crippen molar-refractivity contribution in [3.8, 4) is 0 Å². The maximum absolute atomic E-state index is 13.4. The summed E-state index contributed by atoms with van der Waals surface area (Å²) in [7, 11) is 0. The topological polar surface area (TPSA) is 58.2 Å². The van der Waals surface area contributed by atoms with Crippen LogP contribution in [-0.2, 0) is 15.8 Å². The van der Waals surface area contributed by atoms with Gasteiger partial charge in [0.25, 0.3) is 5.91 Å². The predicted molar refractivity (Wildman–Crippen MR) is 93.9 cm³/mol. The Morgan fingerprint density at radius 2 is 1.67 bits per heavy atom. The first-order valence-electron chi connectivity index (χ1n) is 7.57. The fraction of sp³-hybridized carbons (Fsp3) is 0.111. The Hall–Kier alpha value is -2.81. The first-order chi connectivity index (χ1) is 12.8. The highest BCUT2D eigenvalue weighted by atomic mass is 32.2. The highest BCUT2D eigenvalue weighted by Gasteiger charge is 2.29. The number of hydrogen-bond acceptors (Lipinski definition) is 3. The lowest BCUT2D eigenvalue weighted by molar-refractivity contribution is -0.137. The number of hydrazine groups is 1. The number of carbonyl (C=O) groups is 2. The number of rotatable bonds is 5. The number of nitrogens with one attached hydrogen (secondary N) is 2. The van der Waals surface area contributed by atoms with Crippen molar-refractivity contribution in [2.75, 3.05) is 5.75 Å². The van der Waals surface area contributed by atoms with Gasteiger partial charge in [-0.2, -0.15) is 13.2 Å². The summed E-state index contributed by atoms with van der Waals surface area (Å²) >= 11 is 0.972. The molecule has 0 spiro atoms. The molecule has 0 heterocycles. The molecule has 0 radical (unpaired) electrons. The summed E-state index contributed by atoms with van der Waals surface area (Å²) in [5.41, 5.74) is 3.88. The fourth-order valence-electron chi connectivity index (χ4n) is 1.87. The standard InChI is InChI=1S/C18H14F4N2O2S/c19-14-3-1-2-4-15(14)27-11-17(26)24-23-16(25)10-7-12-5-8-13(9-6-12)18(20,21)22/h1-10H,11H2,(H,23,25)(H,24,26)/b10-7+. The molecule has 142 valence electrons. The van der Waals surface area contributed by atoms with E-state index in [1.807, 2.05) is 0 Å². The van der Waals surface area contributed by atoms with E-state index in [2.05, 4.69) is 10.9 Å². The van der Waals surface area contributed by atoms with Gasteiger partial charge in [-0.15, -0.1) is 11.8 Å². The lowest BCUT2D eigenvalue weighted by Gasteiger charge is -2.06. The van der Waals surface area contributed by atoms with Gasteiger partial charge in [0.15, 0.2) is 0 Å². The summed E-state index contributed by atoms with van der Waals surface area (Å²) in [4.78, 5) is 23.6. The van der Waals surface area contributed by atoms with E-state index in [0.29, 0.717) is 10.5 Å². The zero-order chi connectivity index (χ0) is 19.9. The van der Waals surface area contributed by atoms with Crippen molar-refractivity contribution < 1.29 is 27.2 Å². The summed E-state index contributed by atoms with van der Waals surface area (Å²) in [5, 5.41) is 0. The van der Waals surface area contributed by atoms with Gasteiger partial charge in [-0.3, -0.25) is 20.4 Å². The lowest BCUT2D eigenvalue weighted by atomic mass is 10.1. The van der Waals surface area contributed by atoms with Crippen LogP contribution in [0.5, 0.6) is 0 Å². The van der Waals surface area contributed by atoms with Gasteiger partial charge < -0.3 is 0 Å². The van der Waals surface area contributed by atoms with Crippen LogP contribution in [0.2, 0.25) is 0 Å². The van der Waals surface area contributed by atoms with E-state index in [1.165, 1.54) is 36.4 Å². The molecule has 0 aliphatic heterocycles. The molecule has 2 amide bonds. The Morgan fingerprint density at radius 1 is 1.00 bits per heavy atom. The zero-order valence-electron chi connectivity index (χ0n) is 13.7. The predicted octanol–water partition coefficient (Wildman–Crippen LogP) is 3.80. The quantitative estimate of drug-likeness (QED) is 0.349. The molecular formula is C18H14F4N2O2S. The monoisotopic (exact) mass is 398 g/mol. The molecule has 9 heteroatoms. The molecule has 0 unspecified atom stereocenters. The molecule has 0 aromatic heterocycles. The SMILES string of the molecule is O=C(/C=C/c1ccc(C(F)(F)F)cc1)NNC(=O)CSc1ccccc1F. The van der Waals surface area contributed by atoms with Crippen LogP contribution in [-0.4, -0.2) is 17.6 Å². The Labute approximate surface area is 156 Å². The van der Waals surface area contributed by atoms with Crippen LogP contribution >= 0.6 is 11.8 Å². The van der Waals surface area contributed by atoms with Crippen molar-refractivity contribution in [1.82, 2.24) is 10.9 Å². The minimum absolute atomic E-state index is 0.107. The van der Waals surface area contributed by atoms with Gasteiger partial charge in [0.2, 0.25) is 5.91 Å². The van der Waals surface area contributed by atoms with E-state index in [0.717, 1.165) is 30.0 Å². The average molecular weight is 398 g/mol. The molecular weight excluding hydrogens is 384 g/mol. The van der Waals surface area contributed by atoms with E-state index in [1.54, 1.807) is 6.07 Å². The first-order valence-corrected chi connectivity index (χ1v) is 8.56. The number of benzene rings is 2.